The van der Waals surface area contributed by atoms with Gasteiger partial charge in [0.1, 0.15) is 12.9 Å². The van der Waals surface area contributed by atoms with Crippen molar-refractivity contribution in [3.63, 3.8) is 0 Å². The van der Waals surface area contributed by atoms with Crippen LogP contribution in [0.25, 0.3) is 0 Å². The molecule has 0 spiro atoms. The second-order valence-corrected chi connectivity index (χ2v) is 3.38. The predicted octanol–water partition coefficient (Wildman–Crippen LogP) is 3.54. The van der Waals surface area contributed by atoms with Crippen molar-refractivity contribution in [3.05, 3.63) is 35.9 Å². The molecule has 0 heterocycles. The first-order valence-electron chi connectivity index (χ1n) is 5.34. The van der Waals surface area contributed by atoms with E-state index >= 15 is 0 Å². The number of rotatable bonds is 4. The van der Waals surface area contributed by atoms with E-state index in [9.17, 15) is 0 Å². The van der Waals surface area contributed by atoms with Gasteiger partial charge in [-0.25, -0.2) is 0 Å². The SMILES string of the molecule is [CH2]Oc1ccc(CC)c(CC)c1CC. The van der Waals surface area contributed by atoms with Crippen molar-refractivity contribution >= 4 is 0 Å². The van der Waals surface area contributed by atoms with Crippen LogP contribution in [0, 0.1) is 7.11 Å². The lowest BCUT2D eigenvalue weighted by molar-refractivity contribution is 0.466. The van der Waals surface area contributed by atoms with Crippen LogP contribution in [0.5, 0.6) is 5.75 Å². The summed E-state index contributed by atoms with van der Waals surface area (Å²) in [4.78, 5) is 0. The summed E-state index contributed by atoms with van der Waals surface area (Å²) >= 11 is 0. The summed E-state index contributed by atoms with van der Waals surface area (Å²) in [5.74, 6) is 0.932. The lowest BCUT2D eigenvalue weighted by Gasteiger charge is -2.15. The number of aryl methyl sites for hydroxylation is 1. The Labute approximate surface area is 87.1 Å². The molecule has 0 saturated carbocycles. The van der Waals surface area contributed by atoms with Crippen LogP contribution >= 0.6 is 0 Å². The van der Waals surface area contributed by atoms with Crippen LogP contribution in [-0.2, 0) is 19.3 Å². The minimum absolute atomic E-state index is 0.932. The van der Waals surface area contributed by atoms with Crippen molar-refractivity contribution in [3.8, 4) is 5.75 Å². The van der Waals surface area contributed by atoms with E-state index in [1.165, 1.54) is 16.7 Å². The van der Waals surface area contributed by atoms with E-state index < -0.39 is 0 Å². The molecule has 1 aromatic carbocycles. The first-order valence-corrected chi connectivity index (χ1v) is 5.34. The summed E-state index contributed by atoms with van der Waals surface area (Å²) in [6.07, 6.45) is 3.18. The fourth-order valence-corrected chi connectivity index (χ4v) is 2.01. The molecular formula is C13H19O. The molecule has 1 aromatic rings. The quantitative estimate of drug-likeness (QED) is 0.707. The Morgan fingerprint density at radius 1 is 1.00 bits per heavy atom. The van der Waals surface area contributed by atoms with Crippen molar-refractivity contribution in [2.24, 2.45) is 0 Å². The fourth-order valence-electron chi connectivity index (χ4n) is 2.01. The van der Waals surface area contributed by atoms with E-state index in [4.69, 9.17) is 4.74 Å². The van der Waals surface area contributed by atoms with E-state index in [-0.39, 0.29) is 0 Å². The van der Waals surface area contributed by atoms with Crippen LogP contribution in [0.4, 0.5) is 0 Å². The minimum atomic E-state index is 0.932. The Morgan fingerprint density at radius 3 is 2.07 bits per heavy atom. The van der Waals surface area contributed by atoms with Crippen LogP contribution in [0.15, 0.2) is 12.1 Å². The van der Waals surface area contributed by atoms with Gasteiger partial charge in [0.05, 0.1) is 0 Å². The van der Waals surface area contributed by atoms with Crippen molar-refractivity contribution < 1.29 is 4.74 Å². The van der Waals surface area contributed by atoms with Gasteiger partial charge in [-0.3, -0.25) is 0 Å². The monoisotopic (exact) mass is 191 g/mol. The van der Waals surface area contributed by atoms with Gasteiger partial charge in [-0.1, -0.05) is 26.8 Å². The Kier molecular flexibility index (Phi) is 3.99. The first kappa shape index (κ1) is 11.1. The summed E-state index contributed by atoms with van der Waals surface area (Å²) in [5.41, 5.74) is 4.20. The highest BCUT2D eigenvalue weighted by Crippen LogP contribution is 2.27. The molecule has 0 saturated heterocycles. The number of hydrogen-bond donors (Lipinski definition) is 0. The van der Waals surface area contributed by atoms with E-state index in [1.54, 1.807) is 0 Å². The number of ether oxygens (including phenoxy) is 1. The molecule has 0 atom stereocenters. The highest BCUT2D eigenvalue weighted by Gasteiger charge is 2.09. The average Bonchev–Trinajstić information content (AvgIpc) is 2.26. The molecule has 1 rings (SSSR count). The maximum Gasteiger partial charge on any atom is 0.122 e. The van der Waals surface area contributed by atoms with E-state index in [1.807, 2.05) is 6.07 Å². The third-order valence-electron chi connectivity index (χ3n) is 2.73. The fraction of sp³-hybridized carbons (Fsp3) is 0.462. The molecule has 1 nitrogen and oxygen atoms in total. The van der Waals surface area contributed by atoms with Gasteiger partial charge < -0.3 is 4.74 Å². The highest BCUT2D eigenvalue weighted by atomic mass is 16.5. The molecule has 1 radical (unpaired) electrons. The first-order chi connectivity index (χ1) is 6.78. The average molecular weight is 191 g/mol. The smallest absolute Gasteiger partial charge is 0.122 e. The Bertz CT molecular complexity index is 271. The van der Waals surface area contributed by atoms with Crippen LogP contribution in [0.2, 0.25) is 0 Å². The number of hydrogen-bond acceptors (Lipinski definition) is 1. The molecule has 0 aromatic heterocycles. The molecule has 14 heavy (non-hydrogen) atoms. The number of benzene rings is 1. The van der Waals surface area contributed by atoms with Crippen LogP contribution < -0.4 is 4.74 Å². The molecule has 77 valence electrons. The van der Waals surface area contributed by atoms with E-state index in [0.717, 1.165) is 25.0 Å². The molecule has 0 aliphatic rings. The van der Waals surface area contributed by atoms with Gasteiger partial charge in [0.15, 0.2) is 0 Å². The van der Waals surface area contributed by atoms with Gasteiger partial charge in [-0.15, -0.1) is 0 Å². The van der Waals surface area contributed by atoms with Gasteiger partial charge in [-0.05, 0) is 42.0 Å². The van der Waals surface area contributed by atoms with Crippen molar-refractivity contribution in [2.45, 2.75) is 40.0 Å². The van der Waals surface area contributed by atoms with Crippen LogP contribution in [0.3, 0.4) is 0 Å². The van der Waals surface area contributed by atoms with Gasteiger partial charge in [0.2, 0.25) is 0 Å². The largest absolute Gasteiger partial charge is 0.490 e. The third-order valence-corrected chi connectivity index (χ3v) is 2.73. The topological polar surface area (TPSA) is 9.23 Å². The zero-order valence-corrected chi connectivity index (χ0v) is 9.39. The Morgan fingerprint density at radius 2 is 1.64 bits per heavy atom. The molecule has 0 aliphatic heterocycles. The molecule has 0 amide bonds. The second-order valence-electron chi connectivity index (χ2n) is 3.38. The van der Waals surface area contributed by atoms with Gasteiger partial charge in [-0.2, -0.15) is 0 Å². The summed E-state index contributed by atoms with van der Waals surface area (Å²) in [6, 6.07) is 4.18. The standard InChI is InChI=1S/C13H19O/c1-5-10-8-9-13(14-4)12(7-3)11(10)6-2/h8-9H,4-7H2,1-3H3. The van der Waals surface area contributed by atoms with Crippen molar-refractivity contribution in [1.82, 2.24) is 0 Å². The second kappa shape index (κ2) is 5.04. The van der Waals surface area contributed by atoms with Gasteiger partial charge in [0, 0.05) is 0 Å². The van der Waals surface area contributed by atoms with Crippen LogP contribution in [-0.4, -0.2) is 0 Å². The zero-order chi connectivity index (χ0) is 10.6. The van der Waals surface area contributed by atoms with Crippen molar-refractivity contribution in [2.75, 3.05) is 0 Å². The van der Waals surface area contributed by atoms with Gasteiger partial charge in [0.25, 0.3) is 0 Å². The summed E-state index contributed by atoms with van der Waals surface area (Å²) in [5, 5.41) is 0. The molecule has 0 bridgehead atoms. The summed E-state index contributed by atoms with van der Waals surface area (Å²) in [7, 11) is 3.50. The normalized spacial score (nSPS) is 10.3. The lowest BCUT2D eigenvalue weighted by Crippen LogP contribution is -2.00. The molecular weight excluding hydrogens is 172 g/mol. The van der Waals surface area contributed by atoms with E-state index in [2.05, 4.69) is 33.9 Å². The Balaban J connectivity index is 3.28. The maximum absolute atomic E-state index is 5.13. The summed E-state index contributed by atoms with van der Waals surface area (Å²) in [6.45, 7) is 6.55. The predicted molar refractivity (Wildman–Crippen MR) is 60.6 cm³/mol. The van der Waals surface area contributed by atoms with Crippen LogP contribution in [0.1, 0.15) is 37.5 Å². The molecule has 1 heteroatoms. The van der Waals surface area contributed by atoms with Crippen molar-refractivity contribution in [1.29, 1.82) is 0 Å². The zero-order valence-electron chi connectivity index (χ0n) is 9.39. The minimum Gasteiger partial charge on any atom is -0.490 e. The Hall–Kier alpha value is -0.980. The molecule has 0 fully saturated rings. The van der Waals surface area contributed by atoms with Gasteiger partial charge >= 0.3 is 0 Å². The molecule has 0 N–H and O–H groups in total. The van der Waals surface area contributed by atoms with E-state index in [0.29, 0.717) is 0 Å². The maximum atomic E-state index is 5.13. The lowest BCUT2D eigenvalue weighted by atomic mass is 9.95. The highest BCUT2D eigenvalue weighted by molar-refractivity contribution is 5.45. The summed E-state index contributed by atoms with van der Waals surface area (Å²) < 4.78 is 5.13. The third kappa shape index (κ3) is 1.92. The molecule has 0 unspecified atom stereocenters. The molecule has 0 aliphatic carbocycles.